The van der Waals surface area contributed by atoms with Crippen LogP contribution < -0.4 is 0 Å². The van der Waals surface area contributed by atoms with Crippen LogP contribution in [0.2, 0.25) is 0 Å². The number of nitrogens with zero attached hydrogens (tertiary/aromatic N) is 1. The molecule has 0 aromatic heterocycles. The van der Waals surface area contributed by atoms with Crippen molar-refractivity contribution in [2.24, 2.45) is 0 Å². The third-order valence-electron chi connectivity index (χ3n) is 2.55. The number of hydrogen-bond donors (Lipinski definition) is 0. The molecule has 0 N–H and O–H groups in total. The number of halogens is 2. The fourth-order valence-corrected chi connectivity index (χ4v) is 1.68. The van der Waals surface area contributed by atoms with Crippen LogP contribution >= 0.6 is 0 Å². The Morgan fingerprint density at radius 3 is 2.22 bits per heavy atom. The number of nitro groups is 1. The third-order valence-corrected chi connectivity index (χ3v) is 2.55. The summed E-state index contributed by atoms with van der Waals surface area (Å²) in [5.41, 5.74) is 0.860. The molecule has 0 saturated carbocycles. The van der Waals surface area contributed by atoms with Crippen LogP contribution in [0.15, 0.2) is 42.5 Å². The quantitative estimate of drug-likeness (QED) is 0.617. The summed E-state index contributed by atoms with van der Waals surface area (Å²) in [7, 11) is 0. The van der Waals surface area contributed by atoms with Gasteiger partial charge in [-0.15, -0.1) is 0 Å². The van der Waals surface area contributed by atoms with Gasteiger partial charge < -0.3 is 0 Å². The minimum Gasteiger partial charge on any atom is -0.258 e. The summed E-state index contributed by atoms with van der Waals surface area (Å²) in [4.78, 5) is 10.2. The lowest BCUT2D eigenvalue weighted by molar-refractivity contribution is -0.385. The Balaban J connectivity index is 2.34. The van der Waals surface area contributed by atoms with Gasteiger partial charge in [0.25, 0.3) is 5.69 Å². The summed E-state index contributed by atoms with van der Waals surface area (Å²) < 4.78 is 25.7. The maximum atomic E-state index is 12.9. The second kappa shape index (κ2) is 4.91. The smallest absolute Gasteiger partial charge is 0.258 e. The minimum absolute atomic E-state index is 0.261. The first-order valence-electron chi connectivity index (χ1n) is 5.23. The van der Waals surface area contributed by atoms with Crippen molar-refractivity contribution in [3.05, 3.63) is 75.3 Å². The highest BCUT2D eigenvalue weighted by Crippen LogP contribution is 2.22. The lowest BCUT2D eigenvalue weighted by atomic mass is 10.0. The predicted molar refractivity (Wildman–Crippen MR) is 62.3 cm³/mol. The maximum Gasteiger partial charge on any atom is 0.275 e. The molecule has 0 fully saturated rings. The van der Waals surface area contributed by atoms with Crippen LogP contribution in [-0.2, 0) is 6.42 Å². The van der Waals surface area contributed by atoms with Gasteiger partial charge in [-0.1, -0.05) is 12.1 Å². The van der Waals surface area contributed by atoms with Crippen molar-refractivity contribution in [1.82, 2.24) is 0 Å². The molecule has 0 aliphatic heterocycles. The van der Waals surface area contributed by atoms with Gasteiger partial charge in [-0.05, 0) is 29.8 Å². The van der Waals surface area contributed by atoms with Gasteiger partial charge in [0.15, 0.2) is 0 Å². The highest BCUT2D eigenvalue weighted by atomic mass is 19.1. The first-order valence-corrected chi connectivity index (χ1v) is 5.23. The number of hydrogen-bond acceptors (Lipinski definition) is 2. The molecule has 3 nitrogen and oxygen atoms in total. The van der Waals surface area contributed by atoms with E-state index in [1.54, 1.807) is 12.1 Å². The van der Waals surface area contributed by atoms with Gasteiger partial charge in [0.1, 0.15) is 11.6 Å². The molecule has 0 unspecified atom stereocenters. The number of benzene rings is 2. The van der Waals surface area contributed by atoms with Crippen molar-refractivity contribution < 1.29 is 13.7 Å². The summed E-state index contributed by atoms with van der Waals surface area (Å²) in [5.74, 6) is -1.02. The van der Waals surface area contributed by atoms with E-state index in [4.69, 9.17) is 0 Å². The van der Waals surface area contributed by atoms with Crippen LogP contribution in [0.5, 0.6) is 0 Å². The first-order chi connectivity index (χ1) is 8.56. The average Bonchev–Trinajstić information content (AvgIpc) is 2.34. The topological polar surface area (TPSA) is 43.1 Å². The van der Waals surface area contributed by atoms with Crippen molar-refractivity contribution >= 4 is 5.69 Å². The Labute approximate surface area is 102 Å². The van der Waals surface area contributed by atoms with Gasteiger partial charge in [0.2, 0.25) is 0 Å². The predicted octanol–water partition coefficient (Wildman–Crippen LogP) is 3.46. The summed E-state index contributed by atoms with van der Waals surface area (Å²) in [6.07, 6.45) is 0.261. The van der Waals surface area contributed by atoms with E-state index in [0.717, 1.165) is 11.6 Å². The molecule has 92 valence electrons. The van der Waals surface area contributed by atoms with Crippen LogP contribution in [0.1, 0.15) is 11.1 Å². The first kappa shape index (κ1) is 12.2. The van der Waals surface area contributed by atoms with Crippen LogP contribution in [0.4, 0.5) is 14.5 Å². The molecule has 0 spiro atoms. The van der Waals surface area contributed by atoms with Crippen molar-refractivity contribution in [2.45, 2.75) is 6.42 Å². The molecule has 0 atom stereocenters. The Hall–Kier alpha value is -2.30. The molecule has 0 saturated heterocycles. The fourth-order valence-electron chi connectivity index (χ4n) is 1.68. The average molecular weight is 249 g/mol. The molecule has 5 heteroatoms. The van der Waals surface area contributed by atoms with Crippen LogP contribution in [-0.4, -0.2) is 4.92 Å². The zero-order valence-corrected chi connectivity index (χ0v) is 9.27. The molecule has 18 heavy (non-hydrogen) atoms. The number of rotatable bonds is 3. The molecule has 0 bridgehead atoms. The van der Waals surface area contributed by atoms with E-state index in [1.807, 2.05) is 0 Å². The molecular weight excluding hydrogens is 240 g/mol. The van der Waals surface area contributed by atoms with Crippen LogP contribution in [0.3, 0.4) is 0 Å². The summed E-state index contributed by atoms with van der Waals surface area (Å²) >= 11 is 0. The van der Waals surface area contributed by atoms with Crippen molar-refractivity contribution in [1.29, 1.82) is 0 Å². The van der Waals surface area contributed by atoms with Crippen LogP contribution in [0.25, 0.3) is 0 Å². The Kier molecular flexibility index (Phi) is 3.32. The molecule has 0 amide bonds. The zero-order chi connectivity index (χ0) is 13.1. The molecule has 2 aromatic carbocycles. The molecular formula is C13H9F2NO2. The molecule has 0 aliphatic carbocycles. The molecule has 0 heterocycles. The Bertz CT molecular complexity index is 582. The SMILES string of the molecule is O=[N+]([O-])c1cc(F)ccc1Cc1ccc(F)cc1. The van der Waals surface area contributed by atoms with Crippen molar-refractivity contribution in [3.63, 3.8) is 0 Å². The van der Waals surface area contributed by atoms with E-state index >= 15 is 0 Å². The molecule has 2 rings (SSSR count). The van der Waals surface area contributed by atoms with E-state index in [1.165, 1.54) is 24.3 Å². The summed E-state index contributed by atoms with van der Waals surface area (Å²) in [6, 6.07) is 9.09. The van der Waals surface area contributed by atoms with Gasteiger partial charge in [-0.2, -0.15) is 0 Å². The van der Waals surface area contributed by atoms with Gasteiger partial charge >= 0.3 is 0 Å². The lowest BCUT2D eigenvalue weighted by Gasteiger charge is -2.03. The zero-order valence-electron chi connectivity index (χ0n) is 9.27. The van der Waals surface area contributed by atoms with Gasteiger partial charge in [-0.3, -0.25) is 10.1 Å². The maximum absolute atomic E-state index is 12.9. The molecule has 2 aromatic rings. The normalized spacial score (nSPS) is 10.3. The largest absolute Gasteiger partial charge is 0.275 e. The summed E-state index contributed by atoms with van der Waals surface area (Å²) in [5, 5.41) is 10.8. The summed E-state index contributed by atoms with van der Waals surface area (Å²) in [6.45, 7) is 0. The van der Waals surface area contributed by atoms with Crippen LogP contribution in [0, 0.1) is 21.7 Å². The highest BCUT2D eigenvalue weighted by Gasteiger charge is 2.14. The standard InChI is InChI=1S/C13H9F2NO2/c14-11-4-1-9(2-5-11)7-10-3-6-12(15)8-13(10)16(17)18/h1-6,8H,7H2. The highest BCUT2D eigenvalue weighted by molar-refractivity contribution is 5.43. The number of nitro benzene ring substituents is 1. The van der Waals surface area contributed by atoms with E-state index < -0.39 is 10.7 Å². The minimum atomic E-state index is -0.649. The van der Waals surface area contributed by atoms with Crippen molar-refractivity contribution in [3.8, 4) is 0 Å². The molecule has 0 aliphatic rings. The van der Waals surface area contributed by atoms with E-state index in [2.05, 4.69) is 0 Å². The van der Waals surface area contributed by atoms with E-state index in [0.29, 0.717) is 5.56 Å². The fraction of sp³-hybridized carbons (Fsp3) is 0.0769. The second-order valence-corrected chi connectivity index (χ2v) is 3.83. The monoisotopic (exact) mass is 249 g/mol. The third kappa shape index (κ3) is 2.68. The Morgan fingerprint density at radius 1 is 1.00 bits per heavy atom. The second-order valence-electron chi connectivity index (χ2n) is 3.83. The van der Waals surface area contributed by atoms with E-state index in [-0.39, 0.29) is 17.9 Å². The van der Waals surface area contributed by atoms with E-state index in [9.17, 15) is 18.9 Å². The van der Waals surface area contributed by atoms with Crippen molar-refractivity contribution in [2.75, 3.05) is 0 Å². The lowest BCUT2D eigenvalue weighted by Crippen LogP contribution is -1.97. The Morgan fingerprint density at radius 2 is 1.61 bits per heavy atom. The van der Waals surface area contributed by atoms with Gasteiger partial charge in [0.05, 0.1) is 11.0 Å². The van der Waals surface area contributed by atoms with Gasteiger partial charge in [-0.25, -0.2) is 8.78 Å². The van der Waals surface area contributed by atoms with Gasteiger partial charge in [0, 0.05) is 12.0 Å². The molecule has 0 radical (unpaired) electrons.